The molecule has 0 fully saturated rings. The summed E-state index contributed by atoms with van der Waals surface area (Å²) in [6, 6.07) is 17.1. The van der Waals surface area contributed by atoms with Gasteiger partial charge >= 0.3 is 0 Å². The number of halogens is 2. The van der Waals surface area contributed by atoms with Crippen molar-refractivity contribution in [3.63, 3.8) is 0 Å². The number of ether oxygens (including phenoxy) is 2. The average Bonchev–Trinajstić information content (AvgIpc) is 2.71. The van der Waals surface area contributed by atoms with E-state index in [-0.39, 0.29) is 0 Å². The predicted octanol–water partition coefficient (Wildman–Crippen LogP) is 5.66. The zero-order valence-electron chi connectivity index (χ0n) is 15.6. The van der Waals surface area contributed by atoms with Gasteiger partial charge in [0.1, 0.15) is 6.61 Å². The molecule has 0 spiro atoms. The molecule has 0 aliphatic heterocycles. The number of nitrogens with zero attached hydrogens (tertiary/aromatic N) is 1. The monoisotopic (exact) mass is 416 g/mol. The first-order valence-electron chi connectivity index (χ1n) is 9.09. The molecule has 0 saturated heterocycles. The molecule has 0 amide bonds. The standard InChI is InChI=1S/C22H22Cl2N2O2/c1-2-27-21-11-17(13-25-14-18-8-5-6-10-26-18)20(24)12-22(21)28-15-16-7-3-4-9-19(16)23/h3-12,25H,2,13-15H2,1H3. The lowest BCUT2D eigenvalue weighted by Crippen LogP contribution is -2.14. The second-order valence-electron chi connectivity index (χ2n) is 6.13. The van der Waals surface area contributed by atoms with Crippen LogP contribution in [0.5, 0.6) is 11.5 Å². The van der Waals surface area contributed by atoms with E-state index < -0.39 is 0 Å². The fourth-order valence-electron chi connectivity index (χ4n) is 2.69. The molecule has 0 aliphatic rings. The fraction of sp³-hybridized carbons (Fsp3) is 0.227. The zero-order valence-corrected chi connectivity index (χ0v) is 17.1. The molecule has 0 bridgehead atoms. The Labute approximate surface area is 175 Å². The van der Waals surface area contributed by atoms with E-state index in [1.807, 2.05) is 55.5 Å². The summed E-state index contributed by atoms with van der Waals surface area (Å²) < 4.78 is 11.7. The van der Waals surface area contributed by atoms with Crippen molar-refractivity contribution in [2.75, 3.05) is 6.61 Å². The molecular weight excluding hydrogens is 395 g/mol. The van der Waals surface area contributed by atoms with Gasteiger partial charge in [-0.15, -0.1) is 0 Å². The summed E-state index contributed by atoms with van der Waals surface area (Å²) in [6.45, 7) is 4.07. The van der Waals surface area contributed by atoms with E-state index in [0.717, 1.165) is 16.8 Å². The first kappa shape index (κ1) is 20.5. The molecule has 0 aliphatic carbocycles. The third-order valence-electron chi connectivity index (χ3n) is 4.10. The molecule has 6 heteroatoms. The lowest BCUT2D eigenvalue weighted by atomic mass is 10.2. The summed E-state index contributed by atoms with van der Waals surface area (Å²) in [5, 5.41) is 4.64. The Bertz CT molecular complexity index is 904. The number of rotatable bonds is 9. The molecule has 0 radical (unpaired) electrons. The van der Waals surface area contributed by atoms with Crippen LogP contribution in [0.15, 0.2) is 60.8 Å². The minimum Gasteiger partial charge on any atom is -0.490 e. The second kappa shape index (κ2) is 10.3. The normalized spacial score (nSPS) is 10.7. The summed E-state index contributed by atoms with van der Waals surface area (Å²) in [5.41, 5.74) is 2.82. The molecule has 2 aromatic carbocycles. The third-order valence-corrected chi connectivity index (χ3v) is 4.82. The van der Waals surface area contributed by atoms with Gasteiger partial charge < -0.3 is 14.8 Å². The van der Waals surface area contributed by atoms with Gasteiger partial charge in [0.05, 0.1) is 12.3 Å². The van der Waals surface area contributed by atoms with E-state index >= 15 is 0 Å². The predicted molar refractivity (Wildman–Crippen MR) is 113 cm³/mol. The lowest BCUT2D eigenvalue weighted by Gasteiger charge is -2.16. The largest absolute Gasteiger partial charge is 0.490 e. The van der Waals surface area contributed by atoms with Crippen LogP contribution in [0.3, 0.4) is 0 Å². The highest BCUT2D eigenvalue weighted by Crippen LogP contribution is 2.34. The molecule has 1 N–H and O–H groups in total. The summed E-state index contributed by atoms with van der Waals surface area (Å²) >= 11 is 12.7. The maximum absolute atomic E-state index is 6.48. The maximum atomic E-state index is 6.48. The SMILES string of the molecule is CCOc1cc(CNCc2ccccn2)c(Cl)cc1OCc1ccccc1Cl. The van der Waals surface area contributed by atoms with Crippen LogP contribution in [0.2, 0.25) is 10.0 Å². The minimum absolute atomic E-state index is 0.341. The molecule has 0 atom stereocenters. The van der Waals surface area contributed by atoms with Crippen molar-refractivity contribution in [3.8, 4) is 11.5 Å². The van der Waals surface area contributed by atoms with Gasteiger partial charge in [0.15, 0.2) is 11.5 Å². The van der Waals surface area contributed by atoms with Gasteiger partial charge in [0.2, 0.25) is 0 Å². The molecule has 3 rings (SSSR count). The van der Waals surface area contributed by atoms with Gasteiger partial charge in [-0.3, -0.25) is 4.98 Å². The number of pyridine rings is 1. The first-order valence-corrected chi connectivity index (χ1v) is 9.85. The van der Waals surface area contributed by atoms with E-state index in [2.05, 4.69) is 10.3 Å². The Morgan fingerprint density at radius 3 is 2.39 bits per heavy atom. The fourth-order valence-corrected chi connectivity index (χ4v) is 3.10. The Kier molecular flexibility index (Phi) is 7.54. The summed E-state index contributed by atoms with van der Waals surface area (Å²) in [4.78, 5) is 4.30. The van der Waals surface area contributed by atoms with E-state index in [9.17, 15) is 0 Å². The van der Waals surface area contributed by atoms with Crippen molar-refractivity contribution in [2.24, 2.45) is 0 Å². The minimum atomic E-state index is 0.341. The molecule has 0 unspecified atom stereocenters. The van der Waals surface area contributed by atoms with Crippen LogP contribution in [0, 0.1) is 0 Å². The van der Waals surface area contributed by atoms with E-state index in [1.54, 1.807) is 12.3 Å². The topological polar surface area (TPSA) is 43.4 Å². The Hall–Kier alpha value is -2.27. The highest BCUT2D eigenvalue weighted by Gasteiger charge is 2.12. The molecule has 3 aromatic rings. The molecule has 146 valence electrons. The molecular formula is C22H22Cl2N2O2. The van der Waals surface area contributed by atoms with Crippen molar-refractivity contribution in [3.05, 3.63) is 87.7 Å². The van der Waals surface area contributed by atoms with Gasteiger partial charge in [0, 0.05) is 41.0 Å². The van der Waals surface area contributed by atoms with Gasteiger partial charge in [-0.1, -0.05) is 47.5 Å². The number of nitrogens with one attached hydrogen (secondary N) is 1. The number of hydrogen-bond acceptors (Lipinski definition) is 4. The summed E-state index contributed by atoms with van der Waals surface area (Å²) in [6.07, 6.45) is 1.78. The maximum Gasteiger partial charge on any atom is 0.163 e. The average molecular weight is 417 g/mol. The first-order chi connectivity index (χ1) is 13.7. The van der Waals surface area contributed by atoms with Crippen LogP contribution in [-0.2, 0) is 19.7 Å². The van der Waals surface area contributed by atoms with E-state index in [1.165, 1.54) is 0 Å². The number of hydrogen-bond donors (Lipinski definition) is 1. The van der Waals surface area contributed by atoms with E-state index in [4.69, 9.17) is 32.7 Å². The van der Waals surface area contributed by atoms with Crippen LogP contribution >= 0.6 is 23.2 Å². The Morgan fingerprint density at radius 2 is 1.64 bits per heavy atom. The van der Waals surface area contributed by atoms with Crippen LogP contribution in [0.4, 0.5) is 0 Å². The van der Waals surface area contributed by atoms with Gasteiger partial charge in [-0.2, -0.15) is 0 Å². The highest BCUT2D eigenvalue weighted by molar-refractivity contribution is 6.31. The Balaban J connectivity index is 1.69. The van der Waals surface area contributed by atoms with Gasteiger partial charge in [0.25, 0.3) is 0 Å². The number of aromatic nitrogens is 1. The summed E-state index contributed by atoms with van der Waals surface area (Å²) in [7, 11) is 0. The molecule has 0 saturated carbocycles. The second-order valence-corrected chi connectivity index (χ2v) is 6.94. The molecule has 4 nitrogen and oxygen atoms in total. The molecule has 28 heavy (non-hydrogen) atoms. The Morgan fingerprint density at radius 1 is 0.857 bits per heavy atom. The van der Waals surface area contributed by atoms with Gasteiger partial charge in [-0.05, 0) is 36.8 Å². The quantitative estimate of drug-likeness (QED) is 0.488. The molecule has 1 heterocycles. The van der Waals surface area contributed by atoms with Crippen molar-refractivity contribution >= 4 is 23.2 Å². The van der Waals surface area contributed by atoms with Crippen LogP contribution < -0.4 is 14.8 Å². The number of benzene rings is 2. The van der Waals surface area contributed by atoms with Crippen LogP contribution in [-0.4, -0.2) is 11.6 Å². The highest BCUT2D eigenvalue weighted by atomic mass is 35.5. The van der Waals surface area contributed by atoms with Crippen LogP contribution in [0.1, 0.15) is 23.7 Å². The van der Waals surface area contributed by atoms with Gasteiger partial charge in [-0.25, -0.2) is 0 Å². The van der Waals surface area contributed by atoms with Crippen molar-refractivity contribution in [1.29, 1.82) is 0 Å². The third kappa shape index (κ3) is 5.61. The molecule has 1 aromatic heterocycles. The smallest absolute Gasteiger partial charge is 0.163 e. The van der Waals surface area contributed by atoms with E-state index in [0.29, 0.717) is 47.8 Å². The van der Waals surface area contributed by atoms with Crippen LogP contribution in [0.25, 0.3) is 0 Å². The summed E-state index contributed by atoms with van der Waals surface area (Å²) in [5.74, 6) is 1.26. The van der Waals surface area contributed by atoms with Crippen molar-refractivity contribution in [2.45, 2.75) is 26.6 Å². The van der Waals surface area contributed by atoms with Crippen molar-refractivity contribution in [1.82, 2.24) is 10.3 Å². The lowest BCUT2D eigenvalue weighted by molar-refractivity contribution is 0.269. The zero-order chi connectivity index (χ0) is 19.8. The van der Waals surface area contributed by atoms with Crippen molar-refractivity contribution < 1.29 is 9.47 Å².